The molecule has 2 nitrogen and oxygen atoms in total. The normalized spacial score (nSPS) is 11.1. The van der Waals surface area contributed by atoms with E-state index >= 15 is 0 Å². The van der Waals surface area contributed by atoms with Gasteiger partial charge in [0.2, 0.25) is 0 Å². The van der Waals surface area contributed by atoms with Crippen LogP contribution >= 0.6 is 0 Å². The average Bonchev–Trinajstić information content (AvgIpc) is 3.42. The Morgan fingerprint density at radius 3 is 1.15 bits per heavy atom. The van der Waals surface area contributed by atoms with E-state index in [4.69, 9.17) is 0 Å². The van der Waals surface area contributed by atoms with Gasteiger partial charge in [-0.3, -0.25) is 0 Å². The van der Waals surface area contributed by atoms with Crippen molar-refractivity contribution in [3.8, 4) is 22.3 Å². The van der Waals surface area contributed by atoms with Crippen molar-refractivity contribution in [2.45, 2.75) is 0 Å². The Morgan fingerprint density at radius 2 is 0.676 bits per heavy atom. The van der Waals surface area contributed by atoms with E-state index in [0.29, 0.717) is 0 Å². The molecule has 2 N–H and O–H groups in total. The Hall–Kier alpha value is -3.11. The molecular formula is C30H20Li2N2. The molecule has 0 bridgehead atoms. The second-order valence-electron chi connectivity index (χ2n) is 8.34. The number of hydrogen-bond donors (Lipinski definition) is 2. The van der Waals surface area contributed by atoms with E-state index in [0.717, 1.165) is 0 Å². The monoisotopic (exact) mass is 422 g/mol. The van der Waals surface area contributed by atoms with Crippen LogP contribution in [0.2, 0.25) is 0 Å². The predicted octanol–water partition coefficient (Wildman–Crippen LogP) is 7.53. The molecule has 152 valence electrons. The smallest absolute Gasteiger partial charge is 0.0544 e. The number of H-pyrrole nitrogens is 2. The first-order valence-electron chi connectivity index (χ1n) is 11.0. The third kappa shape index (κ3) is 3.35. The first-order chi connectivity index (χ1) is 15.9. The fraction of sp³-hybridized carbons (Fsp3) is 0. The number of para-hydroxylation sites is 4. The van der Waals surface area contributed by atoms with Crippen LogP contribution in [0.3, 0.4) is 0 Å². The maximum absolute atomic E-state index is 3.67. The molecule has 0 atom stereocenters. The van der Waals surface area contributed by atoms with Gasteiger partial charge in [-0.2, -0.15) is 0 Å². The van der Waals surface area contributed by atoms with E-state index in [-0.39, 0.29) is 37.7 Å². The Bertz CT molecular complexity index is 1660. The van der Waals surface area contributed by atoms with Gasteiger partial charge >= 0.3 is 0 Å². The van der Waals surface area contributed by atoms with Crippen LogP contribution in [0, 0.1) is 0 Å². The van der Waals surface area contributed by atoms with Gasteiger partial charge in [0.1, 0.15) is 0 Å². The van der Waals surface area contributed by atoms with Gasteiger partial charge in [0, 0.05) is 81.4 Å². The summed E-state index contributed by atoms with van der Waals surface area (Å²) in [5, 5.41) is 5.05. The molecule has 4 heteroatoms. The van der Waals surface area contributed by atoms with Crippen molar-refractivity contribution < 1.29 is 0 Å². The second-order valence-corrected chi connectivity index (χ2v) is 8.34. The van der Waals surface area contributed by atoms with Crippen molar-refractivity contribution >= 4 is 81.3 Å². The van der Waals surface area contributed by atoms with Crippen LogP contribution in [0.1, 0.15) is 0 Å². The Morgan fingerprint density at radius 1 is 0.324 bits per heavy atom. The maximum atomic E-state index is 3.67. The molecule has 34 heavy (non-hydrogen) atoms. The van der Waals surface area contributed by atoms with Crippen LogP contribution in [0.25, 0.3) is 65.9 Å². The Labute approximate surface area is 221 Å². The van der Waals surface area contributed by atoms with Crippen molar-refractivity contribution in [1.29, 1.82) is 0 Å². The number of benzene rings is 5. The first kappa shape index (κ1) is 22.7. The van der Waals surface area contributed by atoms with Crippen LogP contribution in [-0.2, 0) is 0 Å². The van der Waals surface area contributed by atoms with Gasteiger partial charge in [-0.1, -0.05) is 97.1 Å². The Kier molecular flexibility index (Phi) is 5.95. The van der Waals surface area contributed by atoms with Crippen LogP contribution < -0.4 is 0 Å². The minimum atomic E-state index is 0. The van der Waals surface area contributed by atoms with Crippen LogP contribution in [0.4, 0.5) is 0 Å². The summed E-state index contributed by atoms with van der Waals surface area (Å²) in [5.74, 6) is 0. The average molecular weight is 422 g/mol. The molecule has 2 radical (unpaired) electrons. The molecule has 0 saturated heterocycles. The predicted molar refractivity (Wildman–Crippen MR) is 148 cm³/mol. The summed E-state index contributed by atoms with van der Waals surface area (Å²) in [7, 11) is 0. The van der Waals surface area contributed by atoms with Gasteiger partial charge in [0.15, 0.2) is 0 Å². The number of rotatable bonds is 2. The Balaban J connectivity index is 0.00000120. The van der Waals surface area contributed by atoms with E-state index < -0.39 is 0 Å². The van der Waals surface area contributed by atoms with E-state index in [2.05, 4.69) is 119 Å². The third-order valence-corrected chi connectivity index (χ3v) is 6.59. The third-order valence-electron chi connectivity index (χ3n) is 6.59. The molecule has 0 amide bonds. The van der Waals surface area contributed by atoms with Crippen LogP contribution in [-0.4, -0.2) is 47.7 Å². The molecule has 0 saturated carbocycles. The van der Waals surface area contributed by atoms with Gasteiger partial charge in [-0.25, -0.2) is 0 Å². The molecule has 7 aromatic rings. The van der Waals surface area contributed by atoms with E-state index in [1.54, 1.807) is 0 Å². The molecule has 0 spiro atoms. The molecular weight excluding hydrogens is 402 g/mol. The molecule has 5 aromatic carbocycles. The fourth-order valence-electron chi connectivity index (χ4n) is 5.15. The molecule has 0 unspecified atom stereocenters. The molecule has 0 aliphatic heterocycles. The van der Waals surface area contributed by atoms with Crippen molar-refractivity contribution in [2.75, 3.05) is 0 Å². The summed E-state index contributed by atoms with van der Waals surface area (Å²) in [6.45, 7) is 0. The van der Waals surface area contributed by atoms with Gasteiger partial charge in [-0.15, -0.1) is 0 Å². The zero-order valence-electron chi connectivity index (χ0n) is 19.4. The molecule has 2 aromatic heterocycles. The molecule has 7 rings (SSSR count). The largest absolute Gasteiger partial charge is 0.354 e. The van der Waals surface area contributed by atoms with Crippen molar-refractivity contribution in [1.82, 2.24) is 9.97 Å². The molecule has 0 aliphatic carbocycles. The number of aromatic amines is 2. The zero-order chi connectivity index (χ0) is 21.1. The number of fused-ring (bicyclic) bond motifs is 6. The summed E-state index contributed by atoms with van der Waals surface area (Å²) in [5.41, 5.74) is 9.63. The summed E-state index contributed by atoms with van der Waals surface area (Å²) in [6.07, 6.45) is 0. The zero-order valence-corrected chi connectivity index (χ0v) is 19.4. The van der Waals surface area contributed by atoms with Crippen molar-refractivity contribution in [3.63, 3.8) is 0 Å². The summed E-state index contributed by atoms with van der Waals surface area (Å²) in [6, 6.07) is 39.0. The van der Waals surface area contributed by atoms with Gasteiger partial charge in [0.05, 0.1) is 11.0 Å². The van der Waals surface area contributed by atoms with E-state index in [9.17, 15) is 0 Å². The van der Waals surface area contributed by atoms with E-state index in [1.165, 1.54) is 65.9 Å². The number of hydrogen-bond acceptors (Lipinski definition) is 0. The van der Waals surface area contributed by atoms with Crippen LogP contribution in [0.15, 0.2) is 109 Å². The van der Waals surface area contributed by atoms with Gasteiger partial charge in [0.25, 0.3) is 0 Å². The minimum Gasteiger partial charge on any atom is -0.354 e. The number of aromatic nitrogens is 2. The van der Waals surface area contributed by atoms with Crippen LogP contribution in [0.5, 0.6) is 0 Å². The van der Waals surface area contributed by atoms with Crippen molar-refractivity contribution in [3.05, 3.63) is 109 Å². The summed E-state index contributed by atoms with van der Waals surface area (Å²) in [4.78, 5) is 7.35. The van der Waals surface area contributed by atoms with E-state index in [1.807, 2.05) is 0 Å². The topological polar surface area (TPSA) is 31.6 Å². The van der Waals surface area contributed by atoms with Gasteiger partial charge < -0.3 is 9.97 Å². The quantitative estimate of drug-likeness (QED) is 0.270. The van der Waals surface area contributed by atoms with Crippen molar-refractivity contribution in [2.24, 2.45) is 0 Å². The molecule has 0 aliphatic rings. The standard InChI is InChI=1S/C30H20N2.2Li/c1-2-10-20(24-14-8-16-26-22-12-4-6-18-28(22)32-30(24)26)19(9-1)23-13-7-15-25-21-11-3-5-17-27(21)31-29(23)25;;/h1-18,31-32H;;. The summed E-state index contributed by atoms with van der Waals surface area (Å²) < 4.78 is 0. The number of nitrogens with one attached hydrogen (secondary N) is 2. The molecule has 0 fully saturated rings. The second kappa shape index (κ2) is 8.92. The molecule has 2 heterocycles. The first-order valence-corrected chi connectivity index (χ1v) is 11.0. The minimum absolute atomic E-state index is 0. The van der Waals surface area contributed by atoms with Gasteiger partial charge in [-0.05, 0) is 23.3 Å². The fourth-order valence-corrected chi connectivity index (χ4v) is 5.15. The SMILES string of the molecule is [Li].[Li].c1ccc(-c2cccc3c2[nH]c2ccccc23)c(-c2cccc3c2[nH]c2ccccc23)c1. The maximum Gasteiger partial charge on any atom is 0.0544 e. The summed E-state index contributed by atoms with van der Waals surface area (Å²) >= 11 is 0.